The Morgan fingerprint density at radius 3 is 1.89 bits per heavy atom. The van der Waals surface area contributed by atoms with Crippen molar-refractivity contribution >= 4 is 5.91 Å². The highest BCUT2D eigenvalue weighted by Crippen LogP contribution is 2.46. The van der Waals surface area contributed by atoms with Crippen LogP contribution in [-0.4, -0.2) is 42.8 Å². The van der Waals surface area contributed by atoms with Crippen LogP contribution in [0.2, 0.25) is 0 Å². The minimum Gasteiger partial charge on any atom is -0.369 e. The number of rotatable bonds is 3. The molecule has 19 heavy (non-hydrogen) atoms. The fourth-order valence-corrected chi connectivity index (χ4v) is 2.11. The number of nitrogens with zero attached hydrogens (tertiary/aromatic N) is 1. The van der Waals surface area contributed by atoms with E-state index in [1.165, 1.54) is 4.90 Å². The Kier molecular flexibility index (Phi) is 4.38. The first kappa shape index (κ1) is 16.1. The monoisotopic (exact) mass is 292 g/mol. The summed E-state index contributed by atoms with van der Waals surface area (Å²) in [5.41, 5.74) is 2.21. The third-order valence-corrected chi connectivity index (χ3v) is 3.44. The predicted molar refractivity (Wildman–Crippen MR) is 54.0 cm³/mol. The molecule has 0 atom stereocenters. The molecule has 0 aromatic heterocycles. The van der Waals surface area contributed by atoms with Gasteiger partial charge < -0.3 is 10.6 Å². The van der Waals surface area contributed by atoms with Crippen molar-refractivity contribution in [3.8, 4) is 0 Å². The molecule has 1 fully saturated rings. The van der Waals surface area contributed by atoms with E-state index in [9.17, 15) is 31.1 Å². The van der Waals surface area contributed by atoms with Crippen LogP contribution in [0.5, 0.6) is 0 Å². The first-order valence-corrected chi connectivity index (χ1v) is 5.64. The molecule has 0 spiro atoms. The van der Waals surface area contributed by atoms with Gasteiger partial charge in [-0.2, -0.15) is 26.3 Å². The summed E-state index contributed by atoms with van der Waals surface area (Å²) in [7, 11) is 0. The first-order chi connectivity index (χ1) is 8.48. The van der Waals surface area contributed by atoms with Gasteiger partial charge in [0, 0.05) is 6.54 Å². The lowest BCUT2D eigenvalue weighted by Gasteiger charge is -2.40. The molecular weight excluding hydrogens is 278 g/mol. The van der Waals surface area contributed by atoms with Crippen molar-refractivity contribution < 1.29 is 31.1 Å². The Bertz CT molecular complexity index is 330. The zero-order valence-corrected chi connectivity index (χ0v) is 9.94. The van der Waals surface area contributed by atoms with Gasteiger partial charge in [0.2, 0.25) is 5.91 Å². The normalized spacial score (nSPS) is 21.4. The minimum atomic E-state index is -4.77. The zero-order valence-electron chi connectivity index (χ0n) is 9.94. The van der Waals surface area contributed by atoms with Gasteiger partial charge in [0.25, 0.3) is 0 Å². The number of primary amides is 1. The van der Waals surface area contributed by atoms with Gasteiger partial charge in [0.05, 0.1) is 6.42 Å². The van der Waals surface area contributed by atoms with Gasteiger partial charge >= 0.3 is 12.4 Å². The number of hydrogen-bond acceptors (Lipinski definition) is 2. The number of likely N-dealkylation sites (tertiary alicyclic amines) is 1. The molecule has 3 nitrogen and oxygen atoms in total. The summed E-state index contributed by atoms with van der Waals surface area (Å²) in [6, 6.07) is 0. The van der Waals surface area contributed by atoms with E-state index in [0.717, 1.165) is 0 Å². The third-order valence-electron chi connectivity index (χ3n) is 3.44. The average Bonchev–Trinajstić information content (AvgIpc) is 2.24. The molecule has 0 aromatic rings. The minimum absolute atomic E-state index is 0.224. The fourth-order valence-electron chi connectivity index (χ4n) is 2.11. The highest BCUT2D eigenvalue weighted by molar-refractivity contribution is 5.82. The second kappa shape index (κ2) is 5.18. The maximum absolute atomic E-state index is 12.9. The van der Waals surface area contributed by atoms with E-state index < -0.39 is 42.9 Å². The molecule has 1 rings (SSSR count). The Balaban J connectivity index is 2.62. The molecule has 1 heterocycles. The molecule has 2 N–H and O–H groups in total. The van der Waals surface area contributed by atoms with E-state index in [1.807, 2.05) is 0 Å². The quantitative estimate of drug-likeness (QED) is 0.809. The molecule has 0 radical (unpaired) electrons. The Morgan fingerprint density at radius 2 is 1.58 bits per heavy atom. The molecule has 112 valence electrons. The number of carbonyl (C=O) groups is 1. The third kappa shape index (κ3) is 3.74. The van der Waals surface area contributed by atoms with Crippen molar-refractivity contribution in [1.29, 1.82) is 0 Å². The van der Waals surface area contributed by atoms with E-state index >= 15 is 0 Å². The molecule has 0 unspecified atom stereocenters. The summed E-state index contributed by atoms with van der Waals surface area (Å²) in [4.78, 5) is 12.3. The van der Waals surface area contributed by atoms with E-state index in [-0.39, 0.29) is 19.6 Å². The van der Waals surface area contributed by atoms with Crippen molar-refractivity contribution in [1.82, 2.24) is 4.90 Å². The van der Waals surface area contributed by atoms with Crippen molar-refractivity contribution in [2.24, 2.45) is 11.1 Å². The Morgan fingerprint density at radius 1 is 1.11 bits per heavy atom. The van der Waals surface area contributed by atoms with Crippen molar-refractivity contribution in [2.75, 3.05) is 19.6 Å². The summed E-state index contributed by atoms with van der Waals surface area (Å²) in [6.07, 6.45) is -11.4. The van der Waals surface area contributed by atoms with Crippen LogP contribution in [0.25, 0.3) is 0 Å². The maximum atomic E-state index is 12.9. The van der Waals surface area contributed by atoms with Gasteiger partial charge in [-0.05, 0) is 25.9 Å². The fraction of sp³-hybridized carbons (Fsp3) is 0.900. The molecular formula is C10H14F6N2O. The van der Waals surface area contributed by atoms with Crippen molar-refractivity contribution in [3.05, 3.63) is 0 Å². The van der Waals surface area contributed by atoms with E-state index in [2.05, 4.69) is 0 Å². The van der Waals surface area contributed by atoms with Gasteiger partial charge in [-0.15, -0.1) is 0 Å². The van der Waals surface area contributed by atoms with Crippen LogP contribution in [0, 0.1) is 5.41 Å². The SMILES string of the molecule is NC(=O)C1(C(F)(F)F)CCN(CCC(F)(F)F)CC1. The molecule has 0 bridgehead atoms. The number of halogens is 6. The van der Waals surface area contributed by atoms with Crippen LogP contribution >= 0.6 is 0 Å². The number of piperidine rings is 1. The summed E-state index contributed by atoms with van der Waals surface area (Å²) < 4.78 is 74.5. The molecule has 0 aromatic carbocycles. The lowest BCUT2D eigenvalue weighted by molar-refractivity contribution is -0.232. The van der Waals surface area contributed by atoms with Crippen LogP contribution in [0.4, 0.5) is 26.3 Å². The standard InChI is InChI=1S/C10H14F6N2O/c11-9(12,13)3-6-18-4-1-8(2-5-18,7(17)19)10(14,15)16/h1-6H2,(H2,17,19). The van der Waals surface area contributed by atoms with E-state index in [4.69, 9.17) is 5.73 Å². The van der Waals surface area contributed by atoms with Crippen LogP contribution in [0.3, 0.4) is 0 Å². The van der Waals surface area contributed by atoms with Gasteiger partial charge in [-0.1, -0.05) is 0 Å². The summed E-state index contributed by atoms with van der Waals surface area (Å²) in [5.74, 6) is -1.46. The van der Waals surface area contributed by atoms with Gasteiger partial charge in [-0.3, -0.25) is 4.79 Å². The topological polar surface area (TPSA) is 46.3 Å². The molecule has 1 saturated heterocycles. The lowest BCUT2D eigenvalue weighted by Crippen LogP contribution is -2.55. The summed E-state index contributed by atoms with van der Waals surface area (Å²) >= 11 is 0. The van der Waals surface area contributed by atoms with Crippen LogP contribution < -0.4 is 5.73 Å². The molecule has 1 aliphatic rings. The van der Waals surface area contributed by atoms with E-state index in [1.54, 1.807) is 0 Å². The van der Waals surface area contributed by atoms with E-state index in [0.29, 0.717) is 0 Å². The van der Waals surface area contributed by atoms with Gasteiger partial charge in [0.15, 0.2) is 0 Å². The number of nitrogens with two attached hydrogens (primary N) is 1. The lowest BCUT2D eigenvalue weighted by atomic mass is 9.77. The van der Waals surface area contributed by atoms with Gasteiger partial charge in [-0.25, -0.2) is 0 Å². The average molecular weight is 292 g/mol. The van der Waals surface area contributed by atoms with Gasteiger partial charge in [0.1, 0.15) is 5.41 Å². The second-order valence-corrected chi connectivity index (χ2v) is 4.65. The summed E-state index contributed by atoms with van der Waals surface area (Å²) in [5, 5.41) is 0. The number of amides is 1. The smallest absolute Gasteiger partial charge is 0.369 e. The Hall–Kier alpha value is -0.990. The van der Waals surface area contributed by atoms with Crippen LogP contribution in [-0.2, 0) is 4.79 Å². The highest BCUT2D eigenvalue weighted by atomic mass is 19.4. The molecule has 0 aliphatic carbocycles. The zero-order chi connectivity index (χ0) is 14.9. The molecule has 1 aliphatic heterocycles. The van der Waals surface area contributed by atoms with Crippen LogP contribution in [0.1, 0.15) is 19.3 Å². The molecule has 1 amide bonds. The first-order valence-electron chi connectivity index (χ1n) is 5.64. The largest absolute Gasteiger partial charge is 0.403 e. The molecule has 0 saturated carbocycles. The van der Waals surface area contributed by atoms with Crippen LogP contribution in [0.15, 0.2) is 0 Å². The second-order valence-electron chi connectivity index (χ2n) is 4.65. The number of carbonyl (C=O) groups excluding carboxylic acids is 1. The summed E-state index contributed by atoms with van der Waals surface area (Å²) in [6.45, 7) is -0.812. The molecule has 9 heteroatoms. The Labute approximate surface area is 105 Å². The maximum Gasteiger partial charge on any atom is 0.403 e. The number of alkyl halides is 6. The highest BCUT2D eigenvalue weighted by Gasteiger charge is 2.59. The number of hydrogen-bond donors (Lipinski definition) is 1. The predicted octanol–water partition coefficient (Wildman–Crippen LogP) is 2.07. The van der Waals surface area contributed by atoms with Crippen molar-refractivity contribution in [2.45, 2.75) is 31.6 Å². The van der Waals surface area contributed by atoms with Crippen molar-refractivity contribution in [3.63, 3.8) is 0 Å².